The van der Waals surface area contributed by atoms with Crippen molar-refractivity contribution in [1.29, 1.82) is 0 Å². The van der Waals surface area contributed by atoms with Gasteiger partial charge in [0.1, 0.15) is 5.58 Å². The summed E-state index contributed by atoms with van der Waals surface area (Å²) in [4.78, 5) is 24.9. The van der Waals surface area contributed by atoms with E-state index in [9.17, 15) is 9.59 Å². The Kier molecular flexibility index (Phi) is 4.86. The molecule has 6 heteroatoms. The lowest BCUT2D eigenvalue weighted by Gasteiger charge is -2.06. The van der Waals surface area contributed by atoms with Gasteiger partial charge in [0.15, 0.2) is 6.61 Å². The number of furan rings is 1. The van der Waals surface area contributed by atoms with Crippen molar-refractivity contribution in [2.45, 2.75) is 4.90 Å². The van der Waals surface area contributed by atoms with Gasteiger partial charge in [-0.25, -0.2) is 4.79 Å². The van der Waals surface area contributed by atoms with Gasteiger partial charge in [-0.2, -0.15) is 0 Å². The number of amides is 1. The average molecular weight is 341 g/mol. The van der Waals surface area contributed by atoms with Crippen LogP contribution in [0.3, 0.4) is 0 Å². The maximum Gasteiger partial charge on any atom is 0.374 e. The van der Waals surface area contributed by atoms with Crippen molar-refractivity contribution in [3.63, 3.8) is 0 Å². The average Bonchev–Trinajstić information content (AvgIpc) is 3.04. The number of ether oxygens (including phenoxy) is 1. The van der Waals surface area contributed by atoms with Crippen molar-refractivity contribution in [2.75, 3.05) is 18.2 Å². The van der Waals surface area contributed by atoms with Crippen molar-refractivity contribution in [3.8, 4) is 0 Å². The first-order chi connectivity index (χ1) is 11.7. The molecule has 0 saturated heterocycles. The molecule has 1 amide bonds. The number of para-hydroxylation sites is 1. The summed E-state index contributed by atoms with van der Waals surface area (Å²) in [6.45, 7) is -0.376. The Morgan fingerprint density at radius 2 is 1.96 bits per heavy atom. The molecule has 2 aromatic carbocycles. The van der Waals surface area contributed by atoms with Crippen molar-refractivity contribution in [1.82, 2.24) is 0 Å². The van der Waals surface area contributed by atoms with Gasteiger partial charge >= 0.3 is 5.97 Å². The first-order valence-electron chi connectivity index (χ1n) is 7.25. The summed E-state index contributed by atoms with van der Waals surface area (Å²) >= 11 is 1.58. The van der Waals surface area contributed by atoms with E-state index in [1.54, 1.807) is 30.0 Å². The number of carbonyl (C=O) groups is 2. The monoisotopic (exact) mass is 341 g/mol. The molecule has 0 unspecified atom stereocenters. The Morgan fingerprint density at radius 3 is 2.75 bits per heavy atom. The van der Waals surface area contributed by atoms with Crippen LogP contribution in [0.25, 0.3) is 11.0 Å². The molecule has 1 N–H and O–H groups in total. The number of nitrogens with one attached hydrogen (secondary N) is 1. The molecule has 0 aliphatic carbocycles. The van der Waals surface area contributed by atoms with Crippen LogP contribution in [0.4, 0.5) is 5.69 Å². The fourth-order valence-corrected chi connectivity index (χ4v) is 2.64. The van der Waals surface area contributed by atoms with E-state index < -0.39 is 11.9 Å². The number of esters is 1. The second kappa shape index (κ2) is 7.23. The third kappa shape index (κ3) is 3.78. The van der Waals surface area contributed by atoms with E-state index in [0.29, 0.717) is 11.3 Å². The number of hydrogen-bond acceptors (Lipinski definition) is 5. The lowest BCUT2D eigenvalue weighted by Crippen LogP contribution is -2.20. The first kappa shape index (κ1) is 16.1. The highest BCUT2D eigenvalue weighted by molar-refractivity contribution is 7.98. The molecule has 0 aliphatic rings. The van der Waals surface area contributed by atoms with Crippen LogP contribution in [0, 0.1) is 0 Å². The van der Waals surface area contributed by atoms with Crippen LogP contribution >= 0.6 is 11.8 Å². The molecule has 122 valence electrons. The third-order valence-electron chi connectivity index (χ3n) is 3.31. The number of anilines is 1. The summed E-state index contributed by atoms with van der Waals surface area (Å²) in [6, 6.07) is 16.3. The highest BCUT2D eigenvalue weighted by Gasteiger charge is 2.15. The van der Waals surface area contributed by atoms with Gasteiger partial charge in [0.2, 0.25) is 5.76 Å². The molecule has 3 aromatic rings. The number of carbonyl (C=O) groups excluding carboxylic acids is 2. The van der Waals surface area contributed by atoms with Crippen LogP contribution in [-0.2, 0) is 9.53 Å². The summed E-state index contributed by atoms with van der Waals surface area (Å²) in [5, 5.41) is 3.50. The summed E-state index contributed by atoms with van der Waals surface area (Å²) in [5.74, 6) is -0.995. The quantitative estimate of drug-likeness (QED) is 0.562. The van der Waals surface area contributed by atoms with Crippen molar-refractivity contribution >= 4 is 40.3 Å². The SMILES string of the molecule is CSc1cccc(NC(=O)COC(=O)c2cc3ccccc3o2)c1. The Hall–Kier alpha value is -2.73. The molecule has 0 spiro atoms. The molecule has 1 aromatic heterocycles. The lowest BCUT2D eigenvalue weighted by atomic mass is 10.2. The highest BCUT2D eigenvalue weighted by Crippen LogP contribution is 2.20. The summed E-state index contributed by atoms with van der Waals surface area (Å²) in [7, 11) is 0. The van der Waals surface area contributed by atoms with Gasteiger partial charge in [0, 0.05) is 16.0 Å². The summed E-state index contributed by atoms with van der Waals surface area (Å²) in [6.07, 6.45) is 1.95. The van der Waals surface area contributed by atoms with E-state index in [1.165, 1.54) is 0 Å². The Morgan fingerprint density at radius 1 is 1.12 bits per heavy atom. The van der Waals surface area contributed by atoms with Crippen molar-refractivity contribution in [2.24, 2.45) is 0 Å². The fraction of sp³-hybridized carbons (Fsp3) is 0.111. The molecule has 0 saturated carbocycles. The maximum absolute atomic E-state index is 12.0. The molecule has 0 atom stereocenters. The van der Waals surface area contributed by atoms with Crippen LogP contribution in [0.1, 0.15) is 10.6 Å². The smallest absolute Gasteiger partial charge is 0.374 e. The Labute approximate surface area is 143 Å². The van der Waals surface area contributed by atoms with Crippen LogP contribution in [0.2, 0.25) is 0 Å². The van der Waals surface area contributed by atoms with Gasteiger partial charge in [-0.15, -0.1) is 11.8 Å². The minimum absolute atomic E-state index is 0.0772. The van der Waals surface area contributed by atoms with Crippen molar-refractivity contribution < 1.29 is 18.7 Å². The largest absolute Gasteiger partial charge is 0.450 e. The zero-order valence-corrected chi connectivity index (χ0v) is 13.8. The normalized spacial score (nSPS) is 10.5. The summed E-state index contributed by atoms with van der Waals surface area (Å²) in [5.41, 5.74) is 1.26. The van der Waals surface area contributed by atoms with E-state index in [-0.39, 0.29) is 12.4 Å². The van der Waals surface area contributed by atoms with Gasteiger partial charge in [-0.3, -0.25) is 4.79 Å². The van der Waals surface area contributed by atoms with Crippen molar-refractivity contribution in [3.05, 3.63) is 60.4 Å². The predicted octanol–water partition coefficient (Wildman–Crippen LogP) is 3.95. The summed E-state index contributed by atoms with van der Waals surface area (Å²) < 4.78 is 10.4. The van der Waals surface area contributed by atoms with E-state index >= 15 is 0 Å². The van der Waals surface area contributed by atoms with Crippen LogP contribution in [-0.4, -0.2) is 24.7 Å². The molecular formula is C18H15NO4S. The van der Waals surface area contributed by atoms with E-state index in [2.05, 4.69) is 5.32 Å². The maximum atomic E-state index is 12.0. The molecule has 0 bridgehead atoms. The van der Waals surface area contributed by atoms with Crippen LogP contribution in [0.15, 0.2) is 63.9 Å². The minimum atomic E-state index is -0.667. The molecule has 0 fully saturated rings. The topological polar surface area (TPSA) is 68.5 Å². The molecule has 0 radical (unpaired) electrons. The van der Waals surface area contributed by atoms with Gasteiger partial charge in [-0.1, -0.05) is 24.3 Å². The molecule has 0 aliphatic heterocycles. The van der Waals surface area contributed by atoms with E-state index in [1.807, 2.05) is 42.7 Å². The highest BCUT2D eigenvalue weighted by atomic mass is 32.2. The Bertz CT molecular complexity index is 854. The van der Waals surface area contributed by atoms with Gasteiger partial charge in [0.05, 0.1) is 0 Å². The lowest BCUT2D eigenvalue weighted by molar-refractivity contribution is -0.119. The van der Waals surface area contributed by atoms with Gasteiger partial charge < -0.3 is 14.5 Å². The predicted molar refractivity (Wildman–Crippen MR) is 93.3 cm³/mol. The van der Waals surface area contributed by atoms with Gasteiger partial charge in [0.25, 0.3) is 5.91 Å². The standard InChI is InChI=1S/C18H15NO4S/c1-24-14-7-4-6-13(10-14)19-17(20)11-22-18(21)16-9-12-5-2-3-8-15(12)23-16/h2-10H,11H2,1H3,(H,19,20). The third-order valence-corrected chi connectivity index (χ3v) is 4.04. The van der Waals surface area contributed by atoms with E-state index in [4.69, 9.17) is 9.15 Å². The molecule has 3 rings (SSSR count). The Balaban J connectivity index is 1.58. The number of fused-ring (bicyclic) bond motifs is 1. The zero-order chi connectivity index (χ0) is 16.9. The zero-order valence-electron chi connectivity index (χ0n) is 12.9. The number of hydrogen-bond donors (Lipinski definition) is 1. The number of rotatable bonds is 5. The molecular weight excluding hydrogens is 326 g/mol. The second-order valence-electron chi connectivity index (χ2n) is 5.00. The van der Waals surface area contributed by atoms with E-state index in [0.717, 1.165) is 10.3 Å². The number of thioether (sulfide) groups is 1. The molecule has 5 nitrogen and oxygen atoms in total. The fourth-order valence-electron chi connectivity index (χ4n) is 2.18. The first-order valence-corrected chi connectivity index (χ1v) is 8.48. The molecule has 1 heterocycles. The van der Waals surface area contributed by atoms with Crippen LogP contribution < -0.4 is 5.32 Å². The van der Waals surface area contributed by atoms with Crippen LogP contribution in [0.5, 0.6) is 0 Å². The molecule has 24 heavy (non-hydrogen) atoms. The minimum Gasteiger partial charge on any atom is -0.450 e. The second-order valence-corrected chi connectivity index (χ2v) is 5.88. The number of benzene rings is 2. The van der Waals surface area contributed by atoms with Gasteiger partial charge in [-0.05, 0) is 36.6 Å².